The van der Waals surface area contributed by atoms with Gasteiger partial charge in [0.1, 0.15) is 11.4 Å². The van der Waals surface area contributed by atoms with Crippen molar-refractivity contribution in [2.45, 2.75) is 11.4 Å². The molecule has 30 heavy (non-hydrogen) atoms. The van der Waals surface area contributed by atoms with Crippen molar-refractivity contribution in [2.24, 2.45) is 0 Å². The number of fused-ring (bicyclic) bond motifs is 1. The molecule has 0 saturated heterocycles. The highest BCUT2D eigenvalue weighted by Crippen LogP contribution is 2.31. The molecule has 0 atom stereocenters. The van der Waals surface area contributed by atoms with Gasteiger partial charge in [0.2, 0.25) is 0 Å². The van der Waals surface area contributed by atoms with E-state index < -0.39 is 0 Å². The van der Waals surface area contributed by atoms with E-state index in [0.717, 1.165) is 21.8 Å². The number of amides is 1. The lowest BCUT2D eigenvalue weighted by atomic mass is 10.2. The molecule has 8 heteroatoms. The molecular formula is C22H19ClN4O2S. The summed E-state index contributed by atoms with van der Waals surface area (Å²) < 4.78 is 10.5. The fraction of sp³-hybridized carbons (Fsp3) is 0.0909. The van der Waals surface area contributed by atoms with E-state index in [-0.39, 0.29) is 5.91 Å². The van der Waals surface area contributed by atoms with Crippen LogP contribution in [0, 0.1) is 0 Å². The van der Waals surface area contributed by atoms with Crippen LogP contribution in [0.2, 0.25) is 5.02 Å². The summed E-state index contributed by atoms with van der Waals surface area (Å²) in [6, 6.07) is 16.6. The van der Waals surface area contributed by atoms with Crippen LogP contribution in [0.25, 0.3) is 5.65 Å². The largest absolute Gasteiger partial charge is 0.495 e. The molecule has 0 aliphatic heterocycles. The van der Waals surface area contributed by atoms with Crippen molar-refractivity contribution in [3.05, 3.63) is 89.3 Å². The van der Waals surface area contributed by atoms with Crippen molar-refractivity contribution in [2.75, 3.05) is 11.8 Å². The fourth-order valence-electron chi connectivity index (χ4n) is 2.90. The third-order valence-electron chi connectivity index (χ3n) is 4.46. The molecular weight excluding hydrogens is 420 g/mol. The van der Waals surface area contributed by atoms with Crippen LogP contribution in [0.5, 0.6) is 5.75 Å². The van der Waals surface area contributed by atoms with Gasteiger partial charge in [0.15, 0.2) is 0 Å². The molecule has 0 saturated carbocycles. The number of carbonyl (C=O) groups is 1. The molecule has 152 valence electrons. The Labute approximate surface area is 183 Å². The lowest BCUT2D eigenvalue weighted by Crippen LogP contribution is -2.22. The first kappa shape index (κ1) is 20.1. The molecule has 0 radical (unpaired) electrons. The number of halogens is 1. The molecule has 2 heterocycles. The number of rotatable bonds is 7. The molecule has 0 aliphatic carbocycles. The topological polar surface area (TPSA) is 67.7 Å². The molecule has 2 aromatic heterocycles. The zero-order chi connectivity index (χ0) is 20.9. The number of carbonyl (C=O) groups excluding carboxylic acids is 1. The van der Waals surface area contributed by atoms with Crippen LogP contribution >= 0.6 is 23.5 Å². The van der Waals surface area contributed by atoms with Gasteiger partial charge < -0.3 is 19.2 Å². The Balaban J connectivity index is 1.34. The number of nitrogens with one attached hydrogen (secondary N) is 2. The van der Waals surface area contributed by atoms with Crippen LogP contribution in [-0.4, -0.2) is 22.4 Å². The van der Waals surface area contributed by atoms with Crippen molar-refractivity contribution < 1.29 is 9.53 Å². The van der Waals surface area contributed by atoms with Gasteiger partial charge in [-0.2, -0.15) is 0 Å². The van der Waals surface area contributed by atoms with E-state index in [1.165, 1.54) is 11.9 Å². The van der Waals surface area contributed by atoms with Crippen LogP contribution in [0.3, 0.4) is 0 Å². The third kappa shape index (κ3) is 4.69. The van der Waals surface area contributed by atoms with Gasteiger partial charge in [-0.05, 0) is 66.0 Å². The van der Waals surface area contributed by atoms with Crippen LogP contribution in [-0.2, 0) is 6.54 Å². The number of nitrogens with zero attached hydrogens (tertiary/aromatic N) is 2. The number of methoxy groups -OCH3 is 1. The Bertz CT molecular complexity index is 1180. The van der Waals surface area contributed by atoms with Crippen LogP contribution in [0.1, 0.15) is 15.9 Å². The number of aromatic nitrogens is 2. The Hall–Kier alpha value is -3.16. The summed E-state index contributed by atoms with van der Waals surface area (Å²) in [6.07, 6.45) is 5.58. The summed E-state index contributed by atoms with van der Waals surface area (Å²) in [5.41, 5.74) is 3.26. The maximum absolute atomic E-state index is 12.5. The molecule has 0 unspecified atom stereocenters. The highest BCUT2D eigenvalue weighted by Gasteiger charge is 2.08. The molecule has 2 aromatic carbocycles. The molecule has 4 aromatic rings. The third-order valence-corrected chi connectivity index (χ3v) is 5.52. The number of ether oxygens (including phenoxy) is 1. The van der Waals surface area contributed by atoms with Gasteiger partial charge in [-0.1, -0.05) is 17.7 Å². The zero-order valence-electron chi connectivity index (χ0n) is 16.1. The zero-order valence-corrected chi connectivity index (χ0v) is 17.7. The normalized spacial score (nSPS) is 10.7. The quantitative estimate of drug-likeness (QED) is 0.395. The maximum Gasteiger partial charge on any atom is 0.251 e. The van der Waals surface area contributed by atoms with Crippen LogP contribution in [0.15, 0.2) is 78.1 Å². The van der Waals surface area contributed by atoms with Crippen molar-refractivity contribution in [3.8, 4) is 5.75 Å². The predicted molar refractivity (Wildman–Crippen MR) is 120 cm³/mol. The number of anilines is 1. The first-order valence-corrected chi connectivity index (χ1v) is 10.4. The van der Waals surface area contributed by atoms with Gasteiger partial charge in [0.25, 0.3) is 5.91 Å². The molecule has 0 aliphatic rings. The molecule has 4 rings (SSSR count). The summed E-state index contributed by atoms with van der Waals surface area (Å²) in [4.78, 5) is 17.6. The average molecular weight is 439 g/mol. The first-order chi connectivity index (χ1) is 14.6. The average Bonchev–Trinajstić information content (AvgIpc) is 3.24. The van der Waals surface area contributed by atoms with E-state index in [1.54, 1.807) is 37.6 Å². The van der Waals surface area contributed by atoms with Gasteiger partial charge in [0.05, 0.1) is 12.8 Å². The van der Waals surface area contributed by atoms with Gasteiger partial charge >= 0.3 is 0 Å². The van der Waals surface area contributed by atoms with Crippen LogP contribution < -0.4 is 14.8 Å². The number of hydrogen-bond acceptors (Lipinski definition) is 5. The number of pyridine rings is 1. The van der Waals surface area contributed by atoms with E-state index >= 15 is 0 Å². The minimum Gasteiger partial charge on any atom is -0.495 e. The van der Waals surface area contributed by atoms with Crippen molar-refractivity contribution in [1.82, 2.24) is 14.7 Å². The van der Waals surface area contributed by atoms with E-state index in [4.69, 9.17) is 16.3 Å². The van der Waals surface area contributed by atoms with Crippen molar-refractivity contribution in [1.29, 1.82) is 0 Å². The Morgan fingerprint density at radius 3 is 2.80 bits per heavy atom. The summed E-state index contributed by atoms with van der Waals surface area (Å²) in [5, 5.41) is 3.57. The first-order valence-electron chi connectivity index (χ1n) is 9.18. The minimum absolute atomic E-state index is 0.123. The standard InChI is InChI=1S/C22H19ClN4O2S/c1-29-20-8-5-17(23)12-19(20)26-30-18-6-3-16(4-7-18)22(28)25-13-15-2-9-21-24-10-11-27(21)14-15/h2-12,14,26H,13H2,1H3,(H,25,28). The number of benzene rings is 2. The molecule has 0 spiro atoms. The van der Waals surface area contributed by atoms with E-state index in [2.05, 4.69) is 15.0 Å². The van der Waals surface area contributed by atoms with Crippen molar-refractivity contribution >= 4 is 40.8 Å². The van der Waals surface area contributed by atoms with Crippen LogP contribution in [0.4, 0.5) is 5.69 Å². The molecule has 0 fully saturated rings. The van der Waals surface area contributed by atoms with E-state index in [0.29, 0.717) is 22.9 Å². The van der Waals surface area contributed by atoms with Gasteiger partial charge in [-0.25, -0.2) is 4.98 Å². The number of imidazole rings is 1. The Kier molecular flexibility index (Phi) is 6.11. The predicted octanol–water partition coefficient (Wildman–Crippen LogP) is 5.05. The van der Waals surface area contributed by atoms with E-state index in [9.17, 15) is 4.79 Å². The summed E-state index contributed by atoms with van der Waals surface area (Å²) >= 11 is 7.47. The summed E-state index contributed by atoms with van der Waals surface area (Å²) in [6.45, 7) is 0.444. The minimum atomic E-state index is -0.123. The van der Waals surface area contributed by atoms with Gasteiger partial charge in [0, 0.05) is 40.6 Å². The lowest BCUT2D eigenvalue weighted by molar-refractivity contribution is 0.0951. The fourth-order valence-corrected chi connectivity index (χ4v) is 3.73. The summed E-state index contributed by atoms with van der Waals surface area (Å²) in [5.74, 6) is 0.582. The Morgan fingerprint density at radius 2 is 2.00 bits per heavy atom. The van der Waals surface area contributed by atoms with Gasteiger partial charge in [-0.3, -0.25) is 4.79 Å². The summed E-state index contributed by atoms with van der Waals surface area (Å²) in [7, 11) is 1.61. The molecule has 0 bridgehead atoms. The van der Waals surface area contributed by atoms with Gasteiger partial charge in [-0.15, -0.1) is 0 Å². The monoisotopic (exact) mass is 438 g/mol. The second-order valence-electron chi connectivity index (χ2n) is 6.49. The highest BCUT2D eigenvalue weighted by molar-refractivity contribution is 8.00. The SMILES string of the molecule is COc1ccc(Cl)cc1NSc1ccc(C(=O)NCc2ccc3nccn3c2)cc1. The van der Waals surface area contributed by atoms with E-state index in [1.807, 2.05) is 47.1 Å². The Morgan fingerprint density at radius 1 is 1.17 bits per heavy atom. The molecule has 2 N–H and O–H groups in total. The number of hydrogen-bond donors (Lipinski definition) is 2. The van der Waals surface area contributed by atoms with Crippen molar-refractivity contribution in [3.63, 3.8) is 0 Å². The second kappa shape index (κ2) is 9.11. The maximum atomic E-state index is 12.5. The lowest BCUT2D eigenvalue weighted by Gasteiger charge is -2.11. The molecule has 1 amide bonds. The smallest absolute Gasteiger partial charge is 0.251 e. The highest BCUT2D eigenvalue weighted by atomic mass is 35.5. The second-order valence-corrected chi connectivity index (χ2v) is 7.80. The molecule has 6 nitrogen and oxygen atoms in total.